The van der Waals surface area contributed by atoms with Gasteiger partial charge in [-0.2, -0.15) is 0 Å². The molecule has 0 fully saturated rings. The first kappa shape index (κ1) is 16.1. The van der Waals surface area contributed by atoms with Crippen LogP contribution in [-0.4, -0.2) is 10.5 Å². The lowest BCUT2D eigenvalue weighted by molar-refractivity contribution is 0.101. The molecule has 1 aromatic carbocycles. The van der Waals surface area contributed by atoms with E-state index >= 15 is 0 Å². The summed E-state index contributed by atoms with van der Waals surface area (Å²) in [6.45, 7) is 6.88. The van der Waals surface area contributed by atoms with Gasteiger partial charge in [0.25, 0.3) is 5.91 Å². The molecule has 0 spiro atoms. The molecule has 120 valence electrons. The number of hydrogen-bond donors (Lipinski definition) is 1. The summed E-state index contributed by atoms with van der Waals surface area (Å²) in [5.74, 6) is -0.0737. The SMILES string of the molecule is CCc1cccc(C)c1NC(=O)c1cc2sc(Cl)cc2n1CC. The summed E-state index contributed by atoms with van der Waals surface area (Å²) in [6, 6.07) is 9.95. The highest BCUT2D eigenvalue weighted by molar-refractivity contribution is 7.22. The van der Waals surface area contributed by atoms with E-state index in [-0.39, 0.29) is 5.91 Å². The third-order valence-corrected chi connectivity index (χ3v) is 5.29. The maximum absolute atomic E-state index is 12.8. The first-order chi connectivity index (χ1) is 11.0. The Morgan fingerprint density at radius 1 is 1.30 bits per heavy atom. The lowest BCUT2D eigenvalue weighted by Gasteiger charge is -2.14. The van der Waals surface area contributed by atoms with Crippen molar-refractivity contribution in [2.75, 3.05) is 5.32 Å². The van der Waals surface area contributed by atoms with Crippen molar-refractivity contribution in [3.8, 4) is 0 Å². The minimum Gasteiger partial charge on any atom is -0.336 e. The number of anilines is 1. The van der Waals surface area contributed by atoms with Crippen molar-refractivity contribution in [2.45, 2.75) is 33.7 Å². The monoisotopic (exact) mass is 346 g/mol. The van der Waals surface area contributed by atoms with E-state index in [4.69, 9.17) is 11.6 Å². The molecule has 0 saturated carbocycles. The predicted octanol–water partition coefficient (Wildman–Crippen LogP) is 5.50. The number of nitrogens with one attached hydrogen (secondary N) is 1. The Morgan fingerprint density at radius 3 is 2.78 bits per heavy atom. The second-order valence-electron chi connectivity index (χ2n) is 5.49. The van der Waals surface area contributed by atoms with Gasteiger partial charge in [-0.3, -0.25) is 4.79 Å². The second kappa shape index (κ2) is 6.38. The molecule has 0 bridgehead atoms. The molecule has 1 N–H and O–H groups in total. The number of benzene rings is 1. The Hall–Kier alpha value is -1.78. The summed E-state index contributed by atoms with van der Waals surface area (Å²) in [5.41, 5.74) is 4.85. The molecule has 0 unspecified atom stereocenters. The fourth-order valence-corrected chi connectivity index (χ4v) is 4.10. The fourth-order valence-electron chi connectivity index (χ4n) is 2.92. The standard InChI is InChI=1S/C18H19ClN2OS/c1-4-12-8-6-7-11(3)17(12)20-18(22)14-9-15-13(21(14)5-2)10-16(19)23-15/h6-10H,4-5H2,1-3H3,(H,20,22). The van der Waals surface area contributed by atoms with Gasteiger partial charge in [0, 0.05) is 12.2 Å². The summed E-state index contributed by atoms with van der Waals surface area (Å²) in [5, 5.41) is 3.10. The van der Waals surface area contributed by atoms with Crippen LogP contribution >= 0.6 is 22.9 Å². The third kappa shape index (κ3) is 2.89. The van der Waals surface area contributed by atoms with Crippen molar-refractivity contribution in [1.82, 2.24) is 4.57 Å². The van der Waals surface area contributed by atoms with E-state index in [1.54, 1.807) is 0 Å². The first-order valence-electron chi connectivity index (χ1n) is 7.73. The molecular formula is C18H19ClN2OS. The zero-order chi connectivity index (χ0) is 16.6. The maximum Gasteiger partial charge on any atom is 0.272 e. The summed E-state index contributed by atoms with van der Waals surface area (Å²) in [4.78, 5) is 12.8. The lowest BCUT2D eigenvalue weighted by atomic mass is 10.1. The van der Waals surface area contributed by atoms with Crippen molar-refractivity contribution >= 4 is 44.7 Å². The third-order valence-electron chi connectivity index (χ3n) is 4.09. The van der Waals surface area contributed by atoms with E-state index in [0.717, 1.165) is 44.3 Å². The Bertz CT molecular complexity index is 879. The average Bonchev–Trinajstić information content (AvgIpc) is 3.04. The van der Waals surface area contributed by atoms with E-state index in [1.807, 2.05) is 42.7 Å². The molecule has 3 rings (SSSR count). The van der Waals surface area contributed by atoms with Gasteiger partial charge in [-0.1, -0.05) is 36.7 Å². The van der Waals surface area contributed by atoms with Crippen LogP contribution in [0.1, 0.15) is 35.5 Å². The number of halogens is 1. The molecule has 0 aliphatic rings. The quantitative estimate of drug-likeness (QED) is 0.665. The maximum atomic E-state index is 12.8. The predicted molar refractivity (Wildman–Crippen MR) is 99.0 cm³/mol. The molecule has 3 nitrogen and oxygen atoms in total. The Kier molecular flexibility index (Phi) is 4.46. The molecule has 5 heteroatoms. The van der Waals surface area contributed by atoms with Crippen molar-refractivity contribution in [3.63, 3.8) is 0 Å². The molecule has 3 aromatic rings. The largest absolute Gasteiger partial charge is 0.336 e. The highest BCUT2D eigenvalue weighted by Gasteiger charge is 2.18. The molecule has 2 aromatic heterocycles. The molecule has 1 amide bonds. The number of nitrogens with zero attached hydrogens (tertiary/aromatic N) is 1. The number of carbonyl (C=O) groups excluding carboxylic acids is 1. The molecule has 0 radical (unpaired) electrons. The van der Waals surface area contributed by atoms with E-state index in [2.05, 4.69) is 18.3 Å². The zero-order valence-corrected chi connectivity index (χ0v) is 15.0. The van der Waals surface area contributed by atoms with Crippen LogP contribution in [0.5, 0.6) is 0 Å². The molecule has 0 saturated heterocycles. The van der Waals surface area contributed by atoms with Crippen molar-refractivity contribution in [3.05, 3.63) is 51.5 Å². The fraction of sp³-hybridized carbons (Fsp3) is 0.278. The van der Waals surface area contributed by atoms with Gasteiger partial charge >= 0.3 is 0 Å². The van der Waals surface area contributed by atoms with Gasteiger partial charge in [0.1, 0.15) is 5.69 Å². The van der Waals surface area contributed by atoms with Crippen molar-refractivity contribution < 1.29 is 4.79 Å². The smallest absolute Gasteiger partial charge is 0.272 e. The van der Waals surface area contributed by atoms with Crippen LogP contribution in [0.25, 0.3) is 10.2 Å². The number of aromatic nitrogens is 1. The van der Waals surface area contributed by atoms with Gasteiger partial charge in [0.2, 0.25) is 0 Å². The molecule has 0 aliphatic carbocycles. The lowest BCUT2D eigenvalue weighted by Crippen LogP contribution is -2.18. The van der Waals surface area contributed by atoms with Crippen LogP contribution < -0.4 is 5.32 Å². The van der Waals surface area contributed by atoms with Crippen molar-refractivity contribution in [2.24, 2.45) is 0 Å². The highest BCUT2D eigenvalue weighted by atomic mass is 35.5. The van der Waals surface area contributed by atoms with Crippen LogP contribution in [0, 0.1) is 6.92 Å². The zero-order valence-electron chi connectivity index (χ0n) is 13.4. The highest BCUT2D eigenvalue weighted by Crippen LogP contribution is 2.32. The number of para-hydroxylation sites is 1. The van der Waals surface area contributed by atoms with Crippen LogP contribution in [0.2, 0.25) is 4.34 Å². The number of aryl methyl sites for hydroxylation is 3. The van der Waals surface area contributed by atoms with Crippen LogP contribution in [0.3, 0.4) is 0 Å². The first-order valence-corrected chi connectivity index (χ1v) is 8.93. The summed E-state index contributed by atoms with van der Waals surface area (Å²) < 4.78 is 3.80. The molecular weight excluding hydrogens is 328 g/mol. The summed E-state index contributed by atoms with van der Waals surface area (Å²) in [7, 11) is 0. The van der Waals surface area contributed by atoms with Crippen molar-refractivity contribution in [1.29, 1.82) is 0 Å². The number of hydrogen-bond acceptors (Lipinski definition) is 2. The van der Waals surface area contributed by atoms with Gasteiger partial charge in [-0.15, -0.1) is 11.3 Å². The molecule has 2 heterocycles. The van der Waals surface area contributed by atoms with Crippen LogP contribution in [0.4, 0.5) is 5.69 Å². The number of amides is 1. The minimum absolute atomic E-state index is 0.0737. The van der Waals surface area contributed by atoms with E-state index in [0.29, 0.717) is 5.69 Å². The Labute approximate surface area is 144 Å². The van der Waals surface area contributed by atoms with Gasteiger partial charge in [0.15, 0.2) is 0 Å². The summed E-state index contributed by atoms with van der Waals surface area (Å²) in [6.07, 6.45) is 0.886. The van der Waals surface area contributed by atoms with Crippen LogP contribution in [0.15, 0.2) is 30.3 Å². The molecule has 0 aliphatic heterocycles. The second-order valence-corrected chi connectivity index (χ2v) is 7.21. The number of thiophene rings is 1. The van der Waals surface area contributed by atoms with Gasteiger partial charge in [-0.25, -0.2) is 0 Å². The number of carbonyl (C=O) groups is 1. The van der Waals surface area contributed by atoms with E-state index in [1.165, 1.54) is 11.3 Å². The van der Waals surface area contributed by atoms with Gasteiger partial charge in [-0.05, 0) is 43.5 Å². The Morgan fingerprint density at radius 2 is 2.09 bits per heavy atom. The van der Waals surface area contributed by atoms with Gasteiger partial charge in [0.05, 0.1) is 14.6 Å². The van der Waals surface area contributed by atoms with E-state index in [9.17, 15) is 4.79 Å². The average molecular weight is 347 g/mol. The Balaban J connectivity index is 2.00. The normalized spacial score (nSPS) is 11.1. The number of fused-ring (bicyclic) bond motifs is 1. The van der Waals surface area contributed by atoms with Gasteiger partial charge < -0.3 is 9.88 Å². The van der Waals surface area contributed by atoms with E-state index < -0.39 is 0 Å². The molecule has 23 heavy (non-hydrogen) atoms. The topological polar surface area (TPSA) is 34.0 Å². The van der Waals surface area contributed by atoms with Crippen LogP contribution in [-0.2, 0) is 13.0 Å². The summed E-state index contributed by atoms with van der Waals surface area (Å²) >= 11 is 7.58. The molecule has 0 atom stereocenters. The minimum atomic E-state index is -0.0737. The number of rotatable bonds is 4.